The number of nitrogens with zero attached hydrogens (tertiary/aromatic N) is 2. The molecule has 25 heavy (non-hydrogen) atoms. The first kappa shape index (κ1) is 15.2. The minimum Gasteiger partial charge on any atom is -0.408 e. The molecule has 5 nitrogen and oxygen atoms in total. The van der Waals surface area contributed by atoms with Crippen molar-refractivity contribution in [1.82, 2.24) is 4.57 Å². The van der Waals surface area contributed by atoms with Gasteiger partial charge in [-0.15, -0.1) is 0 Å². The minimum absolute atomic E-state index is 0.0703. The number of amides is 1. The zero-order valence-corrected chi connectivity index (χ0v) is 13.7. The van der Waals surface area contributed by atoms with Crippen LogP contribution < -0.4 is 10.7 Å². The number of aromatic nitrogens is 1. The summed E-state index contributed by atoms with van der Waals surface area (Å²) in [7, 11) is 1.71. The van der Waals surface area contributed by atoms with E-state index in [2.05, 4.69) is 0 Å². The lowest BCUT2D eigenvalue weighted by Gasteiger charge is -2.18. The third-order valence-electron chi connectivity index (χ3n) is 4.36. The van der Waals surface area contributed by atoms with Crippen LogP contribution >= 0.6 is 0 Å². The fourth-order valence-corrected chi connectivity index (χ4v) is 2.93. The number of carbonyl (C=O) groups excluding carboxylic acids is 1. The highest BCUT2D eigenvalue weighted by molar-refractivity contribution is 5.96. The smallest absolute Gasteiger partial charge is 0.408 e. The molecule has 0 N–H and O–H groups in total. The highest BCUT2D eigenvalue weighted by atomic mass is 16.4. The number of oxazole rings is 1. The van der Waals surface area contributed by atoms with Crippen LogP contribution in [0.4, 0.5) is 5.69 Å². The molecule has 0 spiro atoms. The van der Waals surface area contributed by atoms with Gasteiger partial charge in [-0.3, -0.25) is 9.36 Å². The third-order valence-corrected chi connectivity index (χ3v) is 4.36. The molecule has 1 heterocycles. The van der Waals surface area contributed by atoms with Crippen LogP contribution in [0, 0.1) is 0 Å². The van der Waals surface area contributed by atoms with Gasteiger partial charge in [-0.1, -0.05) is 42.5 Å². The topological polar surface area (TPSA) is 55.5 Å². The van der Waals surface area contributed by atoms with Crippen molar-refractivity contribution in [3.05, 3.63) is 77.3 Å². The molecule has 4 aromatic rings. The van der Waals surface area contributed by atoms with Crippen LogP contribution in [-0.4, -0.2) is 17.5 Å². The summed E-state index contributed by atoms with van der Waals surface area (Å²) in [6.45, 7) is -0.0703. The molecule has 0 aliphatic rings. The zero-order valence-electron chi connectivity index (χ0n) is 13.7. The average Bonchev–Trinajstić information content (AvgIpc) is 2.96. The van der Waals surface area contributed by atoms with Crippen LogP contribution in [0.2, 0.25) is 0 Å². The monoisotopic (exact) mass is 332 g/mol. The normalized spacial score (nSPS) is 11.1. The highest BCUT2D eigenvalue weighted by Gasteiger charge is 2.16. The SMILES string of the molecule is CN(C(=O)Cn1c(=O)oc2ccccc21)c1ccc2ccccc2c1. The first-order chi connectivity index (χ1) is 12.1. The van der Waals surface area contributed by atoms with Crippen molar-refractivity contribution in [2.45, 2.75) is 6.54 Å². The molecule has 0 atom stereocenters. The lowest BCUT2D eigenvalue weighted by molar-refractivity contribution is -0.118. The van der Waals surface area contributed by atoms with E-state index in [1.165, 1.54) is 4.57 Å². The van der Waals surface area contributed by atoms with Crippen molar-refractivity contribution in [3.63, 3.8) is 0 Å². The van der Waals surface area contributed by atoms with Gasteiger partial charge < -0.3 is 9.32 Å². The largest absolute Gasteiger partial charge is 0.420 e. The fourth-order valence-electron chi connectivity index (χ4n) is 2.93. The van der Waals surface area contributed by atoms with E-state index in [0.717, 1.165) is 16.5 Å². The summed E-state index contributed by atoms with van der Waals surface area (Å²) >= 11 is 0. The summed E-state index contributed by atoms with van der Waals surface area (Å²) in [4.78, 5) is 26.3. The number of rotatable bonds is 3. The van der Waals surface area contributed by atoms with E-state index < -0.39 is 5.76 Å². The van der Waals surface area contributed by atoms with E-state index in [9.17, 15) is 9.59 Å². The first-order valence-electron chi connectivity index (χ1n) is 7.97. The summed E-state index contributed by atoms with van der Waals surface area (Å²) < 4.78 is 6.54. The van der Waals surface area contributed by atoms with Crippen molar-refractivity contribution in [3.8, 4) is 0 Å². The van der Waals surface area contributed by atoms with E-state index in [-0.39, 0.29) is 12.5 Å². The van der Waals surface area contributed by atoms with Crippen molar-refractivity contribution in [1.29, 1.82) is 0 Å². The number of para-hydroxylation sites is 2. The van der Waals surface area contributed by atoms with Crippen molar-refractivity contribution in [2.75, 3.05) is 11.9 Å². The molecular weight excluding hydrogens is 316 g/mol. The van der Waals surface area contributed by atoms with E-state index in [1.807, 2.05) is 48.5 Å². The van der Waals surface area contributed by atoms with Gasteiger partial charge >= 0.3 is 5.76 Å². The van der Waals surface area contributed by atoms with Gasteiger partial charge in [0.05, 0.1) is 5.52 Å². The summed E-state index contributed by atoms with van der Waals surface area (Å²) in [5.74, 6) is -0.717. The molecule has 1 amide bonds. The van der Waals surface area contributed by atoms with Gasteiger partial charge in [-0.2, -0.15) is 0 Å². The third kappa shape index (κ3) is 2.70. The Morgan fingerprint density at radius 3 is 2.56 bits per heavy atom. The Labute approximate surface area is 143 Å². The molecule has 0 radical (unpaired) electrons. The standard InChI is InChI=1S/C20H16N2O3/c1-21(16-11-10-14-6-2-3-7-15(14)12-16)19(23)13-22-17-8-4-5-9-18(17)25-20(22)24/h2-12H,13H2,1H3. The zero-order chi connectivity index (χ0) is 17.4. The predicted octanol–water partition coefficient (Wildman–Crippen LogP) is 3.41. The van der Waals surface area contributed by atoms with Crippen LogP contribution in [-0.2, 0) is 11.3 Å². The van der Waals surface area contributed by atoms with Crippen LogP contribution in [0.1, 0.15) is 0 Å². The van der Waals surface area contributed by atoms with E-state index >= 15 is 0 Å². The molecule has 0 fully saturated rings. The maximum atomic E-state index is 12.7. The molecule has 0 aliphatic heterocycles. The van der Waals surface area contributed by atoms with Crippen molar-refractivity contribution < 1.29 is 9.21 Å². The number of fused-ring (bicyclic) bond motifs is 2. The van der Waals surface area contributed by atoms with Gasteiger partial charge in [0.25, 0.3) is 0 Å². The molecule has 0 bridgehead atoms. The minimum atomic E-state index is -0.526. The lowest BCUT2D eigenvalue weighted by Crippen LogP contribution is -2.32. The molecule has 1 aromatic heterocycles. The van der Waals surface area contributed by atoms with Gasteiger partial charge in [0.2, 0.25) is 5.91 Å². The molecule has 5 heteroatoms. The molecule has 124 valence electrons. The number of hydrogen-bond acceptors (Lipinski definition) is 3. The number of benzene rings is 3. The molecule has 4 rings (SSSR count). The second kappa shape index (κ2) is 5.94. The van der Waals surface area contributed by atoms with Crippen molar-refractivity contribution >= 4 is 33.5 Å². The molecule has 3 aromatic carbocycles. The van der Waals surface area contributed by atoms with E-state index in [0.29, 0.717) is 11.1 Å². The van der Waals surface area contributed by atoms with Gasteiger partial charge in [-0.25, -0.2) is 4.79 Å². The van der Waals surface area contributed by atoms with Gasteiger partial charge in [0.1, 0.15) is 6.54 Å². The van der Waals surface area contributed by atoms with Gasteiger partial charge in [0.15, 0.2) is 5.58 Å². The maximum absolute atomic E-state index is 12.7. The number of carbonyl (C=O) groups is 1. The molecular formula is C20H16N2O3. The Morgan fingerprint density at radius 1 is 1.00 bits per heavy atom. The summed E-state index contributed by atoms with van der Waals surface area (Å²) in [5.41, 5.74) is 1.88. The highest BCUT2D eigenvalue weighted by Crippen LogP contribution is 2.22. The Bertz CT molecular complexity index is 1140. The molecule has 0 unspecified atom stereocenters. The Balaban J connectivity index is 1.65. The molecule has 0 saturated heterocycles. The second-order valence-corrected chi connectivity index (χ2v) is 5.91. The van der Waals surface area contributed by atoms with Crippen LogP contribution in [0.5, 0.6) is 0 Å². The quantitative estimate of drug-likeness (QED) is 0.578. The van der Waals surface area contributed by atoms with Gasteiger partial charge in [-0.05, 0) is 35.0 Å². The molecule has 0 aliphatic carbocycles. The first-order valence-corrected chi connectivity index (χ1v) is 7.97. The summed E-state index contributed by atoms with van der Waals surface area (Å²) in [6, 6.07) is 20.9. The maximum Gasteiger partial charge on any atom is 0.420 e. The summed E-state index contributed by atoms with van der Waals surface area (Å²) in [5, 5.41) is 2.18. The lowest BCUT2D eigenvalue weighted by atomic mass is 10.1. The second-order valence-electron chi connectivity index (χ2n) is 5.91. The van der Waals surface area contributed by atoms with E-state index in [4.69, 9.17) is 4.42 Å². The van der Waals surface area contributed by atoms with E-state index in [1.54, 1.807) is 30.1 Å². The van der Waals surface area contributed by atoms with Crippen LogP contribution in [0.15, 0.2) is 75.9 Å². The number of anilines is 1. The average molecular weight is 332 g/mol. The number of hydrogen-bond donors (Lipinski definition) is 0. The Morgan fingerprint density at radius 2 is 1.72 bits per heavy atom. The van der Waals surface area contributed by atoms with Crippen molar-refractivity contribution in [2.24, 2.45) is 0 Å². The number of likely N-dealkylation sites (N-methyl/N-ethyl adjacent to an activating group) is 1. The van der Waals surface area contributed by atoms with Gasteiger partial charge in [0, 0.05) is 12.7 Å². The Hall–Kier alpha value is -3.34. The van der Waals surface area contributed by atoms with Crippen LogP contribution in [0.3, 0.4) is 0 Å². The Kier molecular flexibility index (Phi) is 3.61. The molecule has 0 saturated carbocycles. The predicted molar refractivity (Wildman–Crippen MR) is 97.8 cm³/mol. The fraction of sp³-hybridized carbons (Fsp3) is 0.100. The van der Waals surface area contributed by atoms with Crippen LogP contribution in [0.25, 0.3) is 21.9 Å². The summed E-state index contributed by atoms with van der Waals surface area (Å²) in [6.07, 6.45) is 0.